The Labute approximate surface area is 149 Å². The Morgan fingerprint density at radius 3 is 0.926 bits per heavy atom. The fourth-order valence-electron chi connectivity index (χ4n) is 0.820. The highest BCUT2D eigenvalue weighted by molar-refractivity contribution is 8.00. The smallest absolute Gasteiger partial charge is 0.265 e. The Morgan fingerprint density at radius 2 is 0.815 bits per heavy atom. The monoisotopic (exact) mass is 440 g/mol. The lowest BCUT2D eigenvalue weighted by molar-refractivity contribution is -0.0585. The molecule has 2 heterocycles. The maximum absolute atomic E-state index is 11.4. The number of aromatic nitrogens is 2. The maximum Gasteiger partial charge on any atom is 0.524 e. The van der Waals surface area contributed by atoms with E-state index in [0.29, 0.717) is 0 Å². The van der Waals surface area contributed by atoms with Crippen LogP contribution >= 0.6 is 0 Å². The predicted molar refractivity (Wildman–Crippen MR) is 79.5 cm³/mol. The van der Waals surface area contributed by atoms with Crippen LogP contribution in [0.15, 0.2) is 61.2 Å². The summed E-state index contributed by atoms with van der Waals surface area (Å²) in [6.07, 6.45) is 7.00. The first-order valence-corrected chi connectivity index (χ1v) is 9.06. The summed E-state index contributed by atoms with van der Waals surface area (Å²) < 4.78 is 110. The molecule has 0 aliphatic heterocycles. The molecule has 0 unspecified atom stereocenters. The van der Waals surface area contributed by atoms with Crippen LogP contribution in [0.25, 0.3) is 0 Å². The van der Waals surface area contributed by atoms with E-state index in [1.807, 2.05) is 40.0 Å². The lowest BCUT2D eigenvalue weighted by Crippen LogP contribution is -2.34. The van der Waals surface area contributed by atoms with Crippen molar-refractivity contribution in [2.45, 2.75) is 11.0 Å². The quantitative estimate of drug-likeness (QED) is 0.523. The molecule has 2 rings (SSSR count). The molecule has 2 aromatic rings. The van der Waals surface area contributed by atoms with Gasteiger partial charge in [0.05, 0.1) is 0 Å². The molecular formula is C12H10F6N2O5S2. The number of pyridine rings is 2. The van der Waals surface area contributed by atoms with Crippen molar-refractivity contribution in [2.24, 2.45) is 0 Å². The second kappa shape index (κ2) is 10.2. The van der Waals surface area contributed by atoms with Gasteiger partial charge < -0.3 is 0 Å². The molecule has 0 atom stereocenters. The van der Waals surface area contributed by atoms with Crippen LogP contribution in [-0.4, -0.2) is 37.8 Å². The maximum atomic E-state index is 11.4. The fraction of sp³-hybridized carbons (Fsp3) is 0.167. The van der Waals surface area contributed by atoms with E-state index in [1.54, 1.807) is 24.8 Å². The van der Waals surface area contributed by atoms with Crippen LogP contribution in [0.2, 0.25) is 0 Å². The second-order valence-corrected chi connectivity index (χ2v) is 7.20. The molecule has 0 aliphatic carbocycles. The molecule has 152 valence electrons. The molecule has 2 aromatic heterocycles. The van der Waals surface area contributed by atoms with Gasteiger partial charge in [0.2, 0.25) is 0 Å². The Bertz CT molecular complexity index is 730. The standard InChI is InChI=1S/2C5H5N.C2F6O5S2/c2*1-2-4-6-5-3-1;3-1(4,5)14(9,10)13-15(11,12)2(6,7)8/h2*1-5H;. The first-order chi connectivity index (χ1) is 12.2. The normalized spacial score (nSPS) is 12.1. The van der Waals surface area contributed by atoms with Gasteiger partial charge in [-0.1, -0.05) is 12.1 Å². The molecule has 0 fully saturated rings. The molecule has 0 amide bonds. The third-order valence-electron chi connectivity index (χ3n) is 1.88. The van der Waals surface area contributed by atoms with E-state index in [9.17, 15) is 43.2 Å². The van der Waals surface area contributed by atoms with Crippen molar-refractivity contribution in [1.82, 2.24) is 9.97 Å². The van der Waals surface area contributed by atoms with E-state index in [1.165, 1.54) is 0 Å². The van der Waals surface area contributed by atoms with Gasteiger partial charge >= 0.3 is 31.3 Å². The van der Waals surface area contributed by atoms with E-state index in [4.69, 9.17) is 0 Å². The highest BCUT2D eigenvalue weighted by Gasteiger charge is 2.57. The summed E-state index contributed by atoms with van der Waals surface area (Å²) in [5, 5.41) is 0. The molecule has 0 saturated carbocycles. The highest BCUT2D eigenvalue weighted by atomic mass is 32.3. The average Bonchev–Trinajstić information content (AvgIpc) is 2.56. The minimum Gasteiger partial charge on any atom is -0.265 e. The van der Waals surface area contributed by atoms with Gasteiger partial charge in [-0.05, 0) is 24.3 Å². The molecule has 0 radical (unpaired) electrons. The van der Waals surface area contributed by atoms with Crippen molar-refractivity contribution in [3.05, 3.63) is 61.2 Å². The third kappa shape index (κ3) is 9.86. The van der Waals surface area contributed by atoms with E-state index in [-0.39, 0.29) is 0 Å². The average molecular weight is 440 g/mol. The van der Waals surface area contributed by atoms with Crippen LogP contribution in [0.1, 0.15) is 0 Å². The zero-order valence-electron chi connectivity index (χ0n) is 12.8. The summed E-state index contributed by atoms with van der Waals surface area (Å²) in [5.41, 5.74) is -12.5. The summed E-state index contributed by atoms with van der Waals surface area (Å²) in [6, 6.07) is 11.4. The molecule has 0 spiro atoms. The van der Waals surface area contributed by atoms with Crippen molar-refractivity contribution >= 4 is 20.2 Å². The first kappa shape index (κ1) is 24.7. The van der Waals surface area contributed by atoms with Gasteiger partial charge in [-0.2, -0.15) is 43.2 Å². The van der Waals surface area contributed by atoms with Gasteiger partial charge in [-0.15, -0.1) is 3.63 Å². The van der Waals surface area contributed by atoms with Crippen LogP contribution in [0, 0.1) is 0 Å². The lowest BCUT2D eigenvalue weighted by Gasteiger charge is -2.09. The number of hydrogen-bond donors (Lipinski definition) is 0. The van der Waals surface area contributed by atoms with E-state index >= 15 is 0 Å². The van der Waals surface area contributed by atoms with Crippen molar-refractivity contribution < 1.29 is 46.8 Å². The minimum atomic E-state index is -6.85. The van der Waals surface area contributed by atoms with Gasteiger partial charge in [0.25, 0.3) is 0 Å². The predicted octanol–water partition coefficient (Wildman–Crippen LogP) is 2.87. The van der Waals surface area contributed by atoms with Gasteiger partial charge in [0, 0.05) is 24.8 Å². The summed E-state index contributed by atoms with van der Waals surface area (Å²) >= 11 is 0. The second-order valence-electron chi connectivity index (χ2n) is 3.92. The molecule has 0 saturated heterocycles. The molecule has 15 heteroatoms. The molecule has 0 aromatic carbocycles. The SMILES string of the molecule is O=S(=O)(OS(=O)(=O)C(F)(F)F)C(F)(F)F.c1ccncc1.c1ccncc1. The largest absolute Gasteiger partial charge is 0.524 e. The lowest BCUT2D eigenvalue weighted by atomic mass is 10.5. The minimum absolute atomic E-state index is 1.75. The van der Waals surface area contributed by atoms with Crippen LogP contribution in [-0.2, 0) is 23.9 Å². The Hall–Kier alpha value is -2.26. The summed E-state index contributed by atoms with van der Waals surface area (Å²) in [6.45, 7) is 0. The molecular weight excluding hydrogens is 430 g/mol. The molecule has 0 N–H and O–H groups in total. The van der Waals surface area contributed by atoms with E-state index in [2.05, 4.69) is 9.97 Å². The topological polar surface area (TPSA) is 103 Å². The first-order valence-electron chi connectivity index (χ1n) is 6.24. The zero-order valence-corrected chi connectivity index (χ0v) is 14.4. The van der Waals surface area contributed by atoms with Gasteiger partial charge in [-0.25, -0.2) is 0 Å². The van der Waals surface area contributed by atoms with Gasteiger partial charge in [-0.3, -0.25) is 9.97 Å². The molecule has 0 bridgehead atoms. The van der Waals surface area contributed by atoms with Crippen LogP contribution in [0.4, 0.5) is 26.3 Å². The zero-order chi connectivity index (χ0) is 21.2. The Kier molecular flexibility index (Phi) is 9.32. The summed E-state index contributed by atoms with van der Waals surface area (Å²) in [5.74, 6) is 0. The Morgan fingerprint density at radius 1 is 0.556 bits per heavy atom. The highest BCUT2D eigenvalue weighted by Crippen LogP contribution is 2.32. The van der Waals surface area contributed by atoms with Gasteiger partial charge in [0.1, 0.15) is 0 Å². The number of halogens is 6. The van der Waals surface area contributed by atoms with E-state index in [0.717, 1.165) is 0 Å². The number of rotatable bonds is 2. The number of alkyl halides is 6. The molecule has 0 aliphatic rings. The van der Waals surface area contributed by atoms with Crippen LogP contribution < -0.4 is 0 Å². The van der Waals surface area contributed by atoms with Crippen molar-refractivity contribution in [2.75, 3.05) is 0 Å². The molecule has 7 nitrogen and oxygen atoms in total. The summed E-state index contributed by atoms with van der Waals surface area (Å²) in [4.78, 5) is 7.57. The number of hydrogen-bond acceptors (Lipinski definition) is 7. The summed E-state index contributed by atoms with van der Waals surface area (Å²) in [7, 11) is -13.7. The van der Waals surface area contributed by atoms with Crippen LogP contribution in [0.3, 0.4) is 0 Å². The molecule has 27 heavy (non-hydrogen) atoms. The van der Waals surface area contributed by atoms with Crippen molar-refractivity contribution in [3.8, 4) is 0 Å². The number of nitrogens with zero attached hydrogens (tertiary/aromatic N) is 2. The third-order valence-corrected chi connectivity index (χ3v) is 4.45. The van der Waals surface area contributed by atoms with Crippen molar-refractivity contribution in [1.29, 1.82) is 0 Å². The van der Waals surface area contributed by atoms with Crippen molar-refractivity contribution in [3.63, 3.8) is 0 Å². The van der Waals surface area contributed by atoms with Gasteiger partial charge in [0.15, 0.2) is 0 Å². The van der Waals surface area contributed by atoms with Crippen LogP contribution in [0.5, 0.6) is 0 Å². The fourth-order valence-corrected chi connectivity index (χ4v) is 2.38. The van der Waals surface area contributed by atoms with E-state index < -0.39 is 31.3 Å². The Balaban J connectivity index is 0.000000452.